The van der Waals surface area contributed by atoms with Gasteiger partial charge in [-0.3, -0.25) is 9.59 Å². The van der Waals surface area contributed by atoms with Gasteiger partial charge in [-0.1, -0.05) is 18.1 Å². The molecule has 2 aromatic rings. The fourth-order valence-corrected chi connectivity index (χ4v) is 2.01. The maximum atomic E-state index is 13.4. The van der Waals surface area contributed by atoms with Crippen molar-refractivity contribution in [2.45, 2.75) is 12.8 Å². The van der Waals surface area contributed by atoms with Crippen LogP contribution in [0.1, 0.15) is 18.4 Å². The number of benzene rings is 2. The third-order valence-corrected chi connectivity index (χ3v) is 3.33. The molecular weight excluding hydrogens is 349 g/mol. The first-order valence-electron chi connectivity index (χ1n) is 8.11. The second-order valence-electron chi connectivity index (χ2n) is 5.38. The van der Waals surface area contributed by atoms with Crippen molar-refractivity contribution in [3.05, 3.63) is 59.9 Å². The Labute approximate surface area is 156 Å². The first-order valence-corrected chi connectivity index (χ1v) is 8.11. The summed E-state index contributed by atoms with van der Waals surface area (Å²) in [5, 5.41) is 6.23. The van der Waals surface area contributed by atoms with Crippen molar-refractivity contribution in [1.82, 2.24) is 5.43 Å². The van der Waals surface area contributed by atoms with E-state index >= 15 is 0 Å². The molecular formula is C20H18FN3O3. The standard InChI is InChI=1S/C20H18FN3O3/c1-2-13-27-16-9-7-15(8-10-16)14-22-24-20(26)12-11-19(25)23-18-6-4-3-5-17(18)21/h1,3-10,14H,11-13H2,(H,23,25)(H,24,26). The zero-order valence-electron chi connectivity index (χ0n) is 14.4. The molecule has 2 rings (SSSR count). The number of terminal acetylenes is 1. The molecule has 0 fully saturated rings. The van der Waals surface area contributed by atoms with E-state index in [4.69, 9.17) is 11.2 Å². The van der Waals surface area contributed by atoms with Gasteiger partial charge in [0.1, 0.15) is 18.2 Å². The van der Waals surface area contributed by atoms with Crippen LogP contribution in [0.4, 0.5) is 10.1 Å². The molecule has 138 valence electrons. The van der Waals surface area contributed by atoms with Crippen LogP contribution in [0.15, 0.2) is 53.6 Å². The van der Waals surface area contributed by atoms with Crippen molar-refractivity contribution >= 4 is 23.7 Å². The molecule has 0 aliphatic carbocycles. The van der Waals surface area contributed by atoms with Crippen LogP contribution in [0.25, 0.3) is 0 Å². The number of carbonyl (C=O) groups is 2. The molecule has 0 aliphatic heterocycles. The number of halogens is 1. The minimum Gasteiger partial charge on any atom is -0.481 e. The molecule has 0 bridgehead atoms. The van der Waals surface area contributed by atoms with Crippen LogP contribution in [-0.2, 0) is 9.59 Å². The van der Waals surface area contributed by atoms with Crippen LogP contribution >= 0.6 is 0 Å². The smallest absolute Gasteiger partial charge is 0.240 e. The number of rotatable bonds is 8. The summed E-state index contributed by atoms with van der Waals surface area (Å²) in [6.45, 7) is 0.188. The summed E-state index contributed by atoms with van der Waals surface area (Å²) in [5.41, 5.74) is 3.16. The first-order chi connectivity index (χ1) is 13.1. The number of ether oxygens (including phenoxy) is 1. The largest absolute Gasteiger partial charge is 0.481 e. The molecule has 0 saturated carbocycles. The zero-order valence-corrected chi connectivity index (χ0v) is 14.4. The minimum atomic E-state index is -0.532. The molecule has 0 radical (unpaired) electrons. The molecule has 0 spiro atoms. The Kier molecular flexibility index (Phi) is 7.54. The number of hydrazone groups is 1. The normalized spacial score (nSPS) is 10.2. The van der Waals surface area contributed by atoms with Crippen molar-refractivity contribution in [1.29, 1.82) is 0 Å². The molecule has 2 amide bonds. The van der Waals surface area contributed by atoms with E-state index < -0.39 is 17.6 Å². The van der Waals surface area contributed by atoms with Gasteiger partial charge in [-0.2, -0.15) is 5.10 Å². The van der Waals surface area contributed by atoms with Crippen LogP contribution in [0.5, 0.6) is 5.75 Å². The third-order valence-electron chi connectivity index (χ3n) is 3.33. The van der Waals surface area contributed by atoms with E-state index in [1.54, 1.807) is 30.3 Å². The van der Waals surface area contributed by atoms with Gasteiger partial charge in [0.2, 0.25) is 11.8 Å². The lowest BCUT2D eigenvalue weighted by molar-refractivity contribution is -0.124. The number of hydrogen-bond acceptors (Lipinski definition) is 4. The predicted octanol–water partition coefficient (Wildman–Crippen LogP) is 2.71. The summed E-state index contributed by atoms with van der Waals surface area (Å²) in [4.78, 5) is 23.5. The fraction of sp³-hybridized carbons (Fsp3) is 0.150. The Balaban J connectivity index is 1.72. The van der Waals surface area contributed by atoms with Crippen molar-refractivity contribution in [2.75, 3.05) is 11.9 Å². The van der Waals surface area contributed by atoms with Crippen molar-refractivity contribution in [3.63, 3.8) is 0 Å². The van der Waals surface area contributed by atoms with Crippen LogP contribution in [0, 0.1) is 18.2 Å². The highest BCUT2D eigenvalue weighted by Gasteiger charge is 2.08. The molecule has 0 unspecified atom stereocenters. The van der Waals surface area contributed by atoms with E-state index in [2.05, 4.69) is 21.8 Å². The molecule has 2 aromatic carbocycles. The zero-order chi connectivity index (χ0) is 19.5. The molecule has 0 heterocycles. The number of hydrogen-bond donors (Lipinski definition) is 2. The lowest BCUT2D eigenvalue weighted by atomic mass is 10.2. The van der Waals surface area contributed by atoms with Crippen LogP contribution < -0.4 is 15.5 Å². The summed E-state index contributed by atoms with van der Waals surface area (Å²) in [5.74, 6) is 1.59. The molecule has 0 aromatic heterocycles. The van der Waals surface area contributed by atoms with Gasteiger partial charge < -0.3 is 10.1 Å². The van der Waals surface area contributed by atoms with Gasteiger partial charge in [0.05, 0.1) is 11.9 Å². The average molecular weight is 367 g/mol. The first kappa shape index (κ1) is 19.7. The van der Waals surface area contributed by atoms with Gasteiger partial charge in [0.15, 0.2) is 0 Å². The van der Waals surface area contributed by atoms with E-state index in [1.807, 2.05) is 0 Å². The van der Waals surface area contributed by atoms with E-state index in [9.17, 15) is 14.0 Å². The van der Waals surface area contributed by atoms with Gasteiger partial charge in [-0.25, -0.2) is 9.82 Å². The quantitative estimate of drug-likeness (QED) is 0.428. The van der Waals surface area contributed by atoms with Gasteiger partial charge in [-0.15, -0.1) is 6.42 Å². The van der Waals surface area contributed by atoms with Crippen molar-refractivity contribution in [2.24, 2.45) is 5.10 Å². The van der Waals surface area contributed by atoms with Crippen molar-refractivity contribution < 1.29 is 18.7 Å². The Morgan fingerprint density at radius 3 is 2.52 bits per heavy atom. The number of nitrogens with one attached hydrogen (secondary N) is 2. The van der Waals surface area contributed by atoms with E-state index in [1.165, 1.54) is 24.4 Å². The monoisotopic (exact) mass is 367 g/mol. The van der Waals surface area contributed by atoms with Crippen LogP contribution in [0.2, 0.25) is 0 Å². The molecule has 0 atom stereocenters. The fourth-order valence-electron chi connectivity index (χ4n) is 2.01. The van der Waals surface area contributed by atoms with E-state index in [-0.39, 0.29) is 25.1 Å². The minimum absolute atomic E-state index is 0.0729. The summed E-state index contributed by atoms with van der Waals surface area (Å²) >= 11 is 0. The highest BCUT2D eigenvalue weighted by atomic mass is 19.1. The summed E-state index contributed by atoms with van der Waals surface area (Å²) in [6.07, 6.45) is 6.41. The molecule has 7 heteroatoms. The molecule has 6 nitrogen and oxygen atoms in total. The number of anilines is 1. The molecule has 27 heavy (non-hydrogen) atoms. The van der Waals surface area contributed by atoms with E-state index in [0.717, 1.165) is 5.56 Å². The lowest BCUT2D eigenvalue weighted by Gasteiger charge is -2.05. The van der Waals surface area contributed by atoms with Crippen molar-refractivity contribution in [3.8, 4) is 18.1 Å². The SMILES string of the molecule is C#CCOc1ccc(C=NNC(=O)CCC(=O)Nc2ccccc2F)cc1. The van der Waals surface area contributed by atoms with Gasteiger partial charge in [0.25, 0.3) is 0 Å². The number of para-hydroxylation sites is 1. The third kappa shape index (κ3) is 7.00. The average Bonchev–Trinajstić information content (AvgIpc) is 2.67. The van der Waals surface area contributed by atoms with E-state index in [0.29, 0.717) is 5.75 Å². The second kappa shape index (κ2) is 10.4. The number of amides is 2. The van der Waals surface area contributed by atoms with Crippen LogP contribution in [-0.4, -0.2) is 24.6 Å². The number of carbonyl (C=O) groups excluding carboxylic acids is 2. The lowest BCUT2D eigenvalue weighted by Crippen LogP contribution is -2.20. The molecule has 0 aliphatic rings. The van der Waals surface area contributed by atoms with Crippen LogP contribution in [0.3, 0.4) is 0 Å². The highest BCUT2D eigenvalue weighted by Crippen LogP contribution is 2.13. The summed E-state index contributed by atoms with van der Waals surface area (Å²) < 4.78 is 18.7. The van der Waals surface area contributed by atoms with Gasteiger partial charge in [-0.05, 0) is 42.0 Å². The topological polar surface area (TPSA) is 79.8 Å². The molecule has 0 saturated heterocycles. The second-order valence-corrected chi connectivity index (χ2v) is 5.38. The Bertz CT molecular complexity index is 858. The summed E-state index contributed by atoms with van der Waals surface area (Å²) in [6, 6.07) is 12.8. The van der Waals surface area contributed by atoms with Gasteiger partial charge in [0, 0.05) is 12.8 Å². The Hall–Kier alpha value is -3.66. The Morgan fingerprint density at radius 1 is 1.11 bits per heavy atom. The summed E-state index contributed by atoms with van der Waals surface area (Å²) in [7, 11) is 0. The number of nitrogens with zero attached hydrogens (tertiary/aromatic N) is 1. The van der Waals surface area contributed by atoms with Gasteiger partial charge >= 0.3 is 0 Å². The predicted molar refractivity (Wildman–Crippen MR) is 101 cm³/mol. The molecule has 2 N–H and O–H groups in total. The Morgan fingerprint density at radius 2 is 1.81 bits per heavy atom. The highest BCUT2D eigenvalue weighted by molar-refractivity contribution is 5.93. The maximum absolute atomic E-state index is 13.4. The maximum Gasteiger partial charge on any atom is 0.240 e.